The molecule has 1 aromatic carbocycles. The van der Waals surface area contributed by atoms with Gasteiger partial charge < -0.3 is 14.5 Å². The van der Waals surface area contributed by atoms with Crippen molar-refractivity contribution in [3.8, 4) is 0 Å². The zero-order valence-electron chi connectivity index (χ0n) is 17.3. The lowest BCUT2D eigenvalue weighted by molar-refractivity contribution is -0.152. The van der Waals surface area contributed by atoms with Crippen LogP contribution in [-0.4, -0.2) is 26.6 Å². The maximum Gasteiger partial charge on any atom is 0.225 e. The van der Waals surface area contributed by atoms with E-state index in [0.717, 1.165) is 5.56 Å². The quantitative estimate of drug-likeness (QED) is 0.667. The first-order valence-electron chi connectivity index (χ1n) is 9.86. The molecule has 0 aliphatic carbocycles. The third-order valence-electron chi connectivity index (χ3n) is 5.68. The average Bonchev–Trinajstić information content (AvgIpc) is 2.58. The molecule has 0 aromatic heterocycles. The molecular formula is C21H35NO3Si. The van der Waals surface area contributed by atoms with Gasteiger partial charge in [0.1, 0.15) is 0 Å². The highest BCUT2D eigenvalue weighted by atomic mass is 28.4. The van der Waals surface area contributed by atoms with Crippen LogP contribution in [0.4, 0.5) is 0 Å². The monoisotopic (exact) mass is 377 g/mol. The third kappa shape index (κ3) is 4.38. The van der Waals surface area contributed by atoms with E-state index in [4.69, 9.17) is 9.16 Å². The number of hydrogen-bond acceptors (Lipinski definition) is 3. The fraction of sp³-hybridized carbons (Fsp3) is 0.667. The van der Waals surface area contributed by atoms with Gasteiger partial charge in [-0.25, -0.2) is 0 Å². The molecule has 5 heteroatoms. The molecule has 1 fully saturated rings. The maximum atomic E-state index is 12.3. The van der Waals surface area contributed by atoms with Gasteiger partial charge in [0.2, 0.25) is 14.2 Å². The van der Waals surface area contributed by atoms with E-state index in [1.54, 1.807) is 0 Å². The molecule has 146 valence electrons. The molecule has 1 aromatic rings. The van der Waals surface area contributed by atoms with Crippen molar-refractivity contribution in [3.63, 3.8) is 0 Å². The zero-order valence-corrected chi connectivity index (χ0v) is 18.3. The number of carbonyl (C=O) groups is 1. The Bertz CT molecular complexity index is 566. The highest BCUT2D eigenvalue weighted by Gasteiger charge is 2.47. The number of nitrogens with one attached hydrogen (secondary N) is 1. The second kappa shape index (κ2) is 8.68. The summed E-state index contributed by atoms with van der Waals surface area (Å²) >= 11 is 0. The van der Waals surface area contributed by atoms with Crippen molar-refractivity contribution >= 4 is 14.2 Å². The second-order valence-electron chi connectivity index (χ2n) is 8.37. The van der Waals surface area contributed by atoms with Crippen molar-refractivity contribution in [1.29, 1.82) is 0 Å². The molecule has 0 unspecified atom stereocenters. The number of ether oxygens (including phenoxy) is 1. The molecule has 1 heterocycles. The minimum absolute atomic E-state index is 0.0245. The normalized spacial score (nSPS) is 22.8. The Kier molecular flexibility index (Phi) is 7.05. The number of rotatable bonds is 7. The van der Waals surface area contributed by atoms with Crippen molar-refractivity contribution in [3.05, 3.63) is 35.9 Å². The van der Waals surface area contributed by atoms with Gasteiger partial charge in [-0.05, 0) is 29.1 Å². The smallest absolute Gasteiger partial charge is 0.225 e. The van der Waals surface area contributed by atoms with Crippen LogP contribution in [0.5, 0.6) is 0 Å². The Morgan fingerprint density at radius 1 is 1.00 bits per heavy atom. The topological polar surface area (TPSA) is 47.6 Å². The lowest BCUT2D eigenvalue weighted by atomic mass is 10.0. The fourth-order valence-corrected chi connectivity index (χ4v) is 10.1. The average molecular weight is 378 g/mol. The molecule has 3 atom stereocenters. The molecule has 0 spiro atoms. The molecule has 1 aliphatic heterocycles. The Morgan fingerprint density at radius 2 is 1.54 bits per heavy atom. The number of hydrogen-bond donors (Lipinski definition) is 1. The first-order valence-corrected chi connectivity index (χ1v) is 12.0. The summed E-state index contributed by atoms with van der Waals surface area (Å²) in [5.41, 5.74) is 2.53. The van der Waals surface area contributed by atoms with Crippen molar-refractivity contribution in [2.24, 2.45) is 0 Å². The Morgan fingerprint density at radius 3 is 2.04 bits per heavy atom. The zero-order chi connectivity index (χ0) is 19.5. The van der Waals surface area contributed by atoms with Crippen LogP contribution >= 0.6 is 0 Å². The number of benzene rings is 1. The van der Waals surface area contributed by atoms with Crippen LogP contribution in [0, 0.1) is 0 Å². The summed E-state index contributed by atoms with van der Waals surface area (Å²) in [6.07, 6.45) is -0.447. The summed E-state index contributed by atoms with van der Waals surface area (Å²) in [6, 6.07) is 9.97. The van der Waals surface area contributed by atoms with Crippen LogP contribution in [0.25, 0.3) is 0 Å². The van der Waals surface area contributed by atoms with Gasteiger partial charge in [-0.2, -0.15) is 0 Å². The Labute approximate surface area is 159 Å². The molecule has 2 rings (SSSR count). The van der Waals surface area contributed by atoms with Crippen molar-refractivity contribution in [2.45, 2.75) is 89.9 Å². The van der Waals surface area contributed by atoms with Gasteiger partial charge in [0.25, 0.3) is 0 Å². The summed E-state index contributed by atoms with van der Waals surface area (Å²) in [6.45, 7) is 15.7. The van der Waals surface area contributed by atoms with Crippen LogP contribution in [0.1, 0.15) is 66.6 Å². The lowest BCUT2D eigenvalue weighted by Crippen LogP contribution is -2.56. The fourth-order valence-electron chi connectivity index (χ4n) is 4.53. The van der Waals surface area contributed by atoms with Crippen LogP contribution < -0.4 is 5.32 Å². The molecular weight excluding hydrogens is 342 g/mol. The van der Waals surface area contributed by atoms with E-state index in [2.05, 4.69) is 46.9 Å². The minimum atomic E-state index is -2.03. The first kappa shape index (κ1) is 21.1. The van der Waals surface area contributed by atoms with E-state index in [1.807, 2.05) is 37.3 Å². The van der Waals surface area contributed by atoms with Crippen LogP contribution in [-0.2, 0) is 14.0 Å². The highest BCUT2D eigenvalue weighted by molar-refractivity contribution is 6.77. The predicted octanol–water partition coefficient (Wildman–Crippen LogP) is 5.17. The molecule has 0 saturated carbocycles. The predicted molar refractivity (Wildman–Crippen MR) is 108 cm³/mol. The number of amides is 1. The van der Waals surface area contributed by atoms with E-state index >= 15 is 0 Å². The summed E-state index contributed by atoms with van der Waals surface area (Å²) in [5.74, 6) is 0.0245. The van der Waals surface area contributed by atoms with E-state index in [0.29, 0.717) is 23.0 Å². The molecule has 4 nitrogen and oxygen atoms in total. The van der Waals surface area contributed by atoms with Gasteiger partial charge in [0.05, 0.1) is 18.6 Å². The molecule has 0 radical (unpaired) electrons. The van der Waals surface area contributed by atoms with Crippen molar-refractivity contribution < 1.29 is 14.0 Å². The Hall–Kier alpha value is -1.17. The number of carbonyl (C=O) groups excluding carboxylic acids is 1. The van der Waals surface area contributed by atoms with E-state index in [9.17, 15) is 4.79 Å². The minimum Gasteiger partial charge on any atom is -0.409 e. The highest BCUT2D eigenvalue weighted by Crippen LogP contribution is 2.43. The van der Waals surface area contributed by atoms with E-state index in [1.165, 1.54) is 0 Å². The van der Waals surface area contributed by atoms with Gasteiger partial charge in [0.15, 0.2) is 6.23 Å². The largest absolute Gasteiger partial charge is 0.409 e. The van der Waals surface area contributed by atoms with Gasteiger partial charge in [-0.15, -0.1) is 0 Å². The van der Waals surface area contributed by atoms with E-state index < -0.39 is 14.5 Å². The summed E-state index contributed by atoms with van der Waals surface area (Å²) in [7, 11) is -2.03. The molecule has 1 amide bonds. The summed E-state index contributed by atoms with van der Waals surface area (Å²) in [5, 5.41) is 2.99. The molecule has 0 bridgehead atoms. The summed E-state index contributed by atoms with van der Waals surface area (Å²) in [4.78, 5) is 12.3. The van der Waals surface area contributed by atoms with Crippen molar-refractivity contribution in [1.82, 2.24) is 5.32 Å². The van der Waals surface area contributed by atoms with Gasteiger partial charge in [-0.1, -0.05) is 71.9 Å². The van der Waals surface area contributed by atoms with Gasteiger partial charge in [0, 0.05) is 0 Å². The van der Waals surface area contributed by atoms with Crippen molar-refractivity contribution in [2.75, 3.05) is 0 Å². The van der Waals surface area contributed by atoms with Crippen LogP contribution in [0.3, 0.4) is 0 Å². The first-order chi connectivity index (χ1) is 12.2. The van der Waals surface area contributed by atoms with E-state index in [-0.39, 0.29) is 18.1 Å². The van der Waals surface area contributed by atoms with Gasteiger partial charge >= 0.3 is 0 Å². The lowest BCUT2D eigenvalue weighted by Gasteiger charge is -2.46. The van der Waals surface area contributed by atoms with Crippen LogP contribution in [0.15, 0.2) is 30.3 Å². The summed E-state index contributed by atoms with van der Waals surface area (Å²) < 4.78 is 13.0. The Balaban J connectivity index is 2.19. The maximum absolute atomic E-state index is 12.3. The van der Waals surface area contributed by atoms with Gasteiger partial charge in [-0.3, -0.25) is 4.79 Å². The SMILES string of the molecule is CC(C)[Si](O[C@@H](C)[C@@H]1NC(=O)C[C@@H](c2ccccc2)O1)(C(C)C)C(C)C. The molecule has 1 N–H and O–H groups in total. The molecule has 1 aliphatic rings. The second-order valence-corrected chi connectivity index (χ2v) is 13.8. The third-order valence-corrected chi connectivity index (χ3v) is 11.9. The van der Waals surface area contributed by atoms with Crippen LogP contribution in [0.2, 0.25) is 16.6 Å². The standard InChI is InChI=1S/C21H35NO3Si/c1-14(2)26(15(3)4,16(5)6)25-17(7)21-22-20(23)13-19(24-21)18-11-9-8-10-12-18/h8-12,14-17,19,21H,13H2,1-7H3,(H,22,23)/t17-,19-,21+/m0/s1. The molecule has 1 saturated heterocycles. The molecule has 26 heavy (non-hydrogen) atoms.